The second kappa shape index (κ2) is 3.18. The van der Waals surface area contributed by atoms with Crippen molar-refractivity contribution in [3.8, 4) is 10.7 Å². The first-order valence-electron chi connectivity index (χ1n) is 3.67. The highest BCUT2D eigenvalue weighted by Crippen LogP contribution is 2.25. The van der Waals surface area contributed by atoms with Crippen LogP contribution in [0.2, 0.25) is 0 Å². The number of anilines is 2. The lowest BCUT2D eigenvalue weighted by Gasteiger charge is -1.98. The second-order valence-corrected chi connectivity index (χ2v) is 3.39. The molecular weight excluding hydrogens is 205 g/mol. The molecular formula is C7H6FN5S. The Morgan fingerprint density at radius 1 is 1.14 bits per heavy atom. The molecule has 0 spiro atoms. The van der Waals surface area contributed by atoms with Gasteiger partial charge in [0, 0.05) is 0 Å². The molecule has 2 heterocycles. The summed E-state index contributed by atoms with van der Waals surface area (Å²) >= 11 is 1.18. The minimum Gasteiger partial charge on any atom is -0.368 e. The van der Waals surface area contributed by atoms with E-state index in [0.29, 0.717) is 4.88 Å². The van der Waals surface area contributed by atoms with Crippen LogP contribution in [0.4, 0.5) is 16.3 Å². The molecule has 0 saturated heterocycles. The molecule has 2 aromatic heterocycles. The lowest BCUT2D eigenvalue weighted by atomic mass is 10.4. The van der Waals surface area contributed by atoms with E-state index in [1.165, 1.54) is 17.4 Å². The van der Waals surface area contributed by atoms with Crippen molar-refractivity contribution in [2.45, 2.75) is 0 Å². The number of rotatable bonds is 1. The zero-order valence-corrected chi connectivity index (χ0v) is 7.75. The lowest BCUT2D eigenvalue weighted by Crippen LogP contribution is -2.04. The monoisotopic (exact) mass is 211 g/mol. The highest BCUT2D eigenvalue weighted by Gasteiger charge is 2.11. The molecule has 0 bridgehead atoms. The van der Waals surface area contributed by atoms with Crippen LogP contribution in [-0.2, 0) is 0 Å². The second-order valence-electron chi connectivity index (χ2n) is 2.47. The molecule has 4 N–H and O–H groups in total. The van der Waals surface area contributed by atoms with Gasteiger partial charge in [-0.25, -0.2) is 4.39 Å². The Labute approximate surface area is 82.6 Å². The normalized spacial score (nSPS) is 10.4. The van der Waals surface area contributed by atoms with Gasteiger partial charge in [0.1, 0.15) is 10.7 Å². The summed E-state index contributed by atoms with van der Waals surface area (Å²) < 4.78 is 13.1. The van der Waals surface area contributed by atoms with Crippen LogP contribution in [0.25, 0.3) is 10.7 Å². The van der Waals surface area contributed by atoms with E-state index in [-0.39, 0.29) is 23.5 Å². The third-order valence-corrected chi connectivity index (χ3v) is 2.38. The van der Waals surface area contributed by atoms with E-state index >= 15 is 0 Å². The molecule has 5 nitrogen and oxygen atoms in total. The van der Waals surface area contributed by atoms with E-state index in [0.717, 1.165) is 0 Å². The zero-order chi connectivity index (χ0) is 10.1. The number of hydrogen-bond donors (Lipinski definition) is 2. The van der Waals surface area contributed by atoms with Crippen LogP contribution in [-0.4, -0.2) is 15.0 Å². The molecule has 72 valence electrons. The molecule has 7 heteroatoms. The zero-order valence-electron chi connectivity index (χ0n) is 6.94. The van der Waals surface area contributed by atoms with E-state index in [2.05, 4.69) is 15.0 Å². The maximum atomic E-state index is 13.1. The number of thiophene rings is 1. The Kier molecular flexibility index (Phi) is 2.01. The van der Waals surface area contributed by atoms with Crippen LogP contribution in [0.1, 0.15) is 0 Å². The molecule has 0 aliphatic rings. The number of hydrogen-bond acceptors (Lipinski definition) is 6. The summed E-state index contributed by atoms with van der Waals surface area (Å²) in [5, 5.41) is 1.60. The Bertz CT molecular complexity index is 449. The minimum absolute atomic E-state index is 0.0136. The van der Waals surface area contributed by atoms with Crippen molar-refractivity contribution in [3.05, 3.63) is 17.3 Å². The number of aromatic nitrogens is 3. The van der Waals surface area contributed by atoms with Gasteiger partial charge in [-0.2, -0.15) is 15.0 Å². The molecule has 0 amide bonds. The quantitative estimate of drug-likeness (QED) is 0.731. The fraction of sp³-hybridized carbons (Fsp3) is 0. The Morgan fingerprint density at radius 2 is 1.79 bits per heavy atom. The van der Waals surface area contributed by atoms with Gasteiger partial charge in [0.25, 0.3) is 0 Å². The highest BCUT2D eigenvalue weighted by molar-refractivity contribution is 7.13. The summed E-state index contributed by atoms with van der Waals surface area (Å²) in [6.07, 6.45) is 0. The third-order valence-electron chi connectivity index (χ3n) is 1.49. The Balaban J connectivity index is 2.57. The van der Waals surface area contributed by atoms with E-state index in [4.69, 9.17) is 11.5 Å². The predicted molar refractivity (Wildman–Crippen MR) is 51.9 cm³/mol. The predicted octanol–water partition coefficient (Wildman–Crippen LogP) is 0.904. The first kappa shape index (κ1) is 8.82. The van der Waals surface area contributed by atoms with Gasteiger partial charge >= 0.3 is 0 Å². The topological polar surface area (TPSA) is 90.7 Å². The summed E-state index contributed by atoms with van der Waals surface area (Å²) in [4.78, 5) is 11.5. The summed E-state index contributed by atoms with van der Waals surface area (Å²) in [7, 11) is 0. The molecule has 2 aromatic rings. The molecule has 14 heavy (non-hydrogen) atoms. The van der Waals surface area contributed by atoms with Crippen molar-refractivity contribution in [1.82, 2.24) is 15.0 Å². The molecule has 2 rings (SSSR count). The molecule has 0 aliphatic heterocycles. The summed E-state index contributed by atoms with van der Waals surface area (Å²) in [6, 6.07) is 1.33. The van der Waals surface area contributed by atoms with Gasteiger partial charge in [0.15, 0.2) is 5.82 Å². The molecule has 0 fully saturated rings. The summed E-state index contributed by atoms with van der Waals surface area (Å²) in [6.45, 7) is 0. The average molecular weight is 211 g/mol. The van der Waals surface area contributed by atoms with Crippen LogP contribution in [0.15, 0.2) is 11.4 Å². The summed E-state index contributed by atoms with van der Waals surface area (Å²) in [5.74, 6) is -0.247. The van der Waals surface area contributed by atoms with E-state index in [1.807, 2.05) is 0 Å². The van der Waals surface area contributed by atoms with E-state index in [1.54, 1.807) is 5.38 Å². The molecule has 0 aromatic carbocycles. The van der Waals surface area contributed by atoms with E-state index in [9.17, 15) is 4.39 Å². The van der Waals surface area contributed by atoms with Crippen LogP contribution >= 0.6 is 11.3 Å². The van der Waals surface area contributed by atoms with Gasteiger partial charge < -0.3 is 11.5 Å². The molecule has 0 radical (unpaired) electrons. The smallest absolute Gasteiger partial charge is 0.225 e. The van der Waals surface area contributed by atoms with Gasteiger partial charge in [-0.05, 0) is 11.4 Å². The fourth-order valence-corrected chi connectivity index (χ4v) is 1.67. The van der Waals surface area contributed by atoms with Crippen molar-refractivity contribution in [1.29, 1.82) is 0 Å². The van der Waals surface area contributed by atoms with Gasteiger partial charge in [-0.15, -0.1) is 11.3 Å². The maximum Gasteiger partial charge on any atom is 0.225 e. The van der Waals surface area contributed by atoms with Crippen molar-refractivity contribution < 1.29 is 4.39 Å². The molecule has 0 saturated carbocycles. The largest absolute Gasteiger partial charge is 0.368 e. The highest BCUT2D eigenvalue weighted by atomic mass is 32.1. The van der Waals surface area contributed by atoms with E-state index < -0.39 is 0 Å². The number of nitrogens with two attached hydrogens (primary N) is 2. The van der Waals surface area contributed by atoms with Gasteiger partial charge in [0.2, 0.25) is 11.9 Å². The third kappa shape index (κ3) is 1.49. The molecule has 0 atom stereocenters. The number of nitrogens with zero attached hydrogens (tertiary/aromatic N) is 3. The van der Waals surface area contributed by atoms with Crippen LogP contribution in [0.3, 0.4) is 0 Å². The minimum atomic E-state index is -0.389. The van der Waals surface area contributed by atoms with Crippen molar-refractivity contribution >= 4 is 23.2 Å². The Hall–Kier alpha value is -1.76. The molecule has 0 unspecified atom stereocenters. The Morgan fingerprint density at radius 3 is 2.29 bits per heavy atom. The van der Waals surface area contributed by atoms with Gasteiger partial charge in [-0.3, -0.25) is 0 Å². The lowest BCUT2D eigenvalue weighted by molar-refractivity contribution is 0.635. The van der Waals surface area contributed by atoms with Crippen LogP contribution in [0, 0.1) is 5.82 Å². The van der Waals surface area contributed by atoms with Crippen LogP contribution in [0.5, 0.6) is 0 Å². The van der Waals surface area contributed by atoms with Crippen molar-refractivity contribution in [3.63, 3.8) is 0 Å². The number of halogens is 1. The standard InChI is InChI=1S/C7H6FN5S/c8-3-1-2-14-4(3)5-11-6(9)13-7(10)12-5/h1-2H,(H4,9,10,11,12,13). The van der Waals surface area contributed by atoms with Gasteiger partial charge in [0.05, 0.1) is 0 Å². The van der Waals surface area contributed by atoms with Crippen molar-refractivity contribution in [2.24, 2.45) is 0 Å². The SMILES string of the molecule is Nc1nc(N)nc(-c2sccc2F)n1. The van der Waals surface area contributed by atoms with Crippen molar-refractivity contribution in [2.75, 3.05) is 11.5 Å². The summed E-state index contributed by atoms with van der Waals surface area (Å²) in [5.41, 5.74) is 10.7. The first-order valence-corrected chi connectivity index (χ1v) is 4.55. The fourth-order valence-electron chi connectivity index (χ4n) is 0.964. The molecule has 0 aliphatic carbocycles. The van der Waals surface area contributed by atoms with Gasteiger partial charge in [-0.1, -0.05) is 0 Å². The maximum absolute atomic E-state index is 13.1. The average Bonchev–Trinajstić information content (AvgIpc) is 2.49. The number of nitrogen functional groups attached to an aromatic ring is 2. The first-order chi connectivity index (χ1) is 6.66. The van der Waals surface area contributed by atoms with Crippen LogP contribution < -0.4 is 11.5 Å².